The maximum Gasteiger partial charge on any atom is 0.278 e. The number of ketones is 2. The summed E-state index contributed by atoms with van der Waals surface area (Å²) < 4.78 is 1.49. The molecule has 3 rings (SSSR count). The average Bonchev–Trinajstić information content (AvgIpc) is 2.91. The molecule has 0 aliphatic rings. The Morgan fingerprint density at radius 2 is 1.92 bits per heavy atom. The molecule has 1 N–H and O–H groups in total. The lowest BCUT2D eigenvalue weighted by Crippen LogP contribution is -2.27. The van der Waals surface area contributed by atoms with E-state index < -0.39 is 5.25 Å². The van der Waals surface area contributed by atoms with Crippen LogP contribution in [0.5, 0.6) is 0 Å². The quantitative estimate of drug-likeness (QED) is 0.437. The Labute approximate surface area is 142 Å². The van der Waals surface area contributed by atoms with Crippen LogP contribution < -0.4 is 5.56 Å². The van der Waals surface area contributed by atoms with Gasteiger partial charge >= 0.3 is 0 Å². The number of H-pyrrole nitrogens is 1. The maximum absolute atomic E-state index is 12.8. The van der Waals surface area contributed by atoms with E-state index in [1.54, 1.807) is 0 Å². The summed E-state index contributed by atoms with van der Waals surface area (Å²) in [5, 5.41) is 0.379. The van der Waals surface area contributed by atoms with Crippen LogP contribution in [0.25, 0.3) is 21.9 Å². The van der Waals surface area contributed by atoms with Crippen molar-refractivity contribution in [2.45, 2.75) is 37.7 Å². The van der Waals surface area contributed by atoms with Crippen molar-refractivity contribution in [2.75, 3.05) is 0 Å². The zero-order chi connectivity index (χ0) is 17.4. The Morgan fingerprint density at radius 3 is 2.54 bits per heavy atom. The van der Waals surface area contributed by atoms with E-state index in [0.29, 0.717) is 22.7 Å². The highest BCUT2D eigenvalue weighted by molar-refractivity contribution is 8.01. The second kappa shape index (κ2) is 6.24. The predicted octanol–water partition coefficient (Wildman–Crippen LogP) is 2.54. The van der Waals surface area contributed by atoms with Gasteiger partial charge in [0.2, 0.25) is 0 Å². The fourth-order valence-electron chi connectivity index (χ4n) is 2.70. The van der Waals surface area contributed by atoms with Gasteiger partial charge in [0.05, 0.1) is 0 Å². The molecule has 0 saturated heterocycles. The molecule has 3 aromatic rings. The standard InChI is InChI=1S/C17H17N3O3S/c1-4-20-16(23)14-13(11-7-5-6-8-12(11)18-14)19-17(20)24-15(9(2)21)10(3)22/h5-8,15,18H,4H2,1-3H3. The molecule has 2 aromatic heterocycles. The van der Waals surface area contributed by atoms with Gasteiger partial charge in [-0.2, -0.15) is 0 Å². The number of carbonyl (C=O) groups is 2. The predicted molar refractivity (Wildman–Crippen MR) is 94.5 cm³/mol. The van der Waals surface area contributed by atoms with Gasteiger partial charge in [0, 0.05) is 17.4 Å². The van der Waals surface area contributed by atoms with Crippen molar-refractivity contribution in [1.29, 1.82) is 0 Å². The summed E-state index contributed by atoms with van der Waals surface area (Å²) in [5.74, 6) is -0.494. The number of aromatic amines is 1. The highest BCUT2D eigenvalue weighted by atomic mass is 32.2. The van der Waals surface area contributed by atoms with Crippen molar-refractivity contribution in [2.24, 2.45) is 0 Å². The number of Topliss-reactive ketones (excluding diaryl/α,β-unsaturated/α-hetero) is 2. The smallest absolute Gasteiger partial charge is 0.278 e. The molecular formula is C17H17N3O3S. The first-order valence-electron chi connectivity index (χ1n) is 7.62. The third-order valence-electron chi connectivity index (χ3n) is 3.85. The largest absolute Gasteiger partial charge is 0.349 e. The first-order chi connectivity index (χ1) is 11.4. The van der Waals surface area contributed by atoms with Crippen LogP contribution in [0.2, 0.25) is 0 Å². The molecule has 0 atom stereocenters. The van der Waals surface area contributed by atoms with E-state index in [9.17, 15) is 14.4 Å². The highest BCUT2D eigenvalue weighted by Gasteiger charge is 2.24. The minimum absolute atomic E-state index is 0.202. The number of hydrogen-bond donors (Lipinski definition) is 1. The zero-order valence-corrected chi connectivity index (χ0v) is 14.4. The van der Waals surface area contributed by atoms with Crippen LogP contribution in [-0.4, -0.2) is 31.4 Å². The molecule has 6 nitrogen and oxygen atoms in total. The first-order valence-corrected chi connectivity index (χ1v) is 8.50. The summed E-state index contributed by atoms with van der Waals surface area (Å²) in [6.07, 6.45) is 0. The molecule has 24 heavy (non-hydrogen) atoms. The fourth-order valence-corrected chi connectivity index (χ4v) is 3.73. The number of benzene rings is 1. The molecule has 7 heteroatoms. The van der Waals surface area contributed by atoms with Gasteiger partial charge in [-0.3, -0.25) is 19.0 Å². The van der Waals surface area contributed by atoms with E-state index in [1.807, 2.05) is 31.2 Å². The lowest BCUT2D eigenvalue weighted by molar-refractivity contribution is -0.123. The van der Waals surface area contributed by atoms with Crippen molar-refractivity contribution < 1.29 is 9.59 Å². The Morgan fingerprint density at radius 1 is 1.25 bits per heavy atom. The highest BCUT2D eigenvalue weighted by Crippen LogP contribution is 2.27. The van der Waals surface area contributed by atoms with Gasteiger partial charge in [0.1, 0.15) is 16.3 Å². The number of carbonyl (C=O) groups excluding carboxylic acids is 2. The van der Waals surface area contributed by atoms with Gasteiger partial charge in [-0.05, 0) is 26.8 Å². The van der Waals surface area contributed by atoms with Crippen LogP contribution >= 0.6 is 11.8 Å². The van der Waals surface area contributed by atoms with Crippen LogP contribution in [0.3, 0.4) is 0 Å². The lowest BCUT2D eigenvalue weighted by atomic mass is 10.2. The molecule has 2 heterocycles. The van der Waals surface area contributed by atoms with Crippen molar-refractivity contribution >= 4 is 45.3 Å². The van der Waals surface area contributed by atoms with Gasteiger partial charge < -0.3 is 4.98 Å². The number of nitrogens with one attached hydrogen (secondary N) is 1. The normalized spacial score (nSPS) is 11.5. The molecule has 0 saturated carbocycles. The summed E-state index contributed by atoms with van der Waals surface area (Å²) in [5.41, 5.74) is 1.63. The van der Waals surface area contributed by atoms with E-state index in [1.165, 1.54) is 18.4 Å². The minimum atomic E-state index is -0.850. The summed E-state index contributed by atoms with van der Waals surface area (Å²) in [7, 11) is 0. The Balaban J connectivity index is 2.27. The molecule has 0 aliphatic heterocycles. The van der Waals surface area contributed by atoms with Crippen molar-refractivity contribution in [1.82, 2.24) is 14.5 Å². The van der Waals surface area contributed by atoms with Gasteiger partial charge in [-0.25, -0.2) is 4.98 Å². The average molecular weight is 343 g/mol. The number of fused-ring (bicyclic) bond motifs is 3. The Kier molecular flexibility index (Phi) is 4.28. The monoisotopic (exact) mass is 343 g/mol. The minimum Gasteiger partial charge on any atom is -0.349 e. The van der Waals surface area contributed by atoms with Crippen LogP contribution in [0, 0.1) is 0 Å². The van der Waals surface area contributed by atoms with Crippen LogP contribution in [0.1, 0.15) is 20.8 Å². The topological polar surface area (TPSA) is 84.8 Å². The molecule has 1 aromatic carbocycles. The first kappa shape index (κ1) is 16.4. The van der Waals surface area contributed by atoms with Crippen LogP contribution in [0.15, 0.2) is 34.2 Å². The van der Waals surface area contributed by atoms with Crippen molar-refractivity contribution in [3.63, 3.8) is 0 Å². The second-order valence-electron chi connectivity index (χ2n) is 5.56. The van der Waals surface area contributed by atoms with E-state index in [0.717, 1.165) is 22.7 Å². The molecule has 0 bridgehead atoms. The van der Waals surface area contributed by atoms with Gasteiger partial charge in [-0.1, -0.05) is 30.0 Å². The molecule has 0 aliphatic carbocycles. The van der Waals surface area contributed by atoms with Crippen LogP contribution in [-0.2, 0) is 16.1 Å². The molecular weight excluding hydrogens is 326 g/mol. The maximum atomic E-state index is 12.8. The van der Waals surface area contributed by atoms with E-state index in [4.69, 9.17) is 0 Å². The van der Waals surface area contributed by atoms with Crippen molar-refractivity contribution in [3.8, 4) is 0 Å². The van der Waals surface area contributed by atoms with Crippen LogP contribution in [0.4, 0.5) is 0 Å². The van der Waals surface area contributed by atoms with Gasteiger partial charge in [-0.15, -0.1) is 0 Å². The SMILES string of the molecule is CCn1c(SC(C(C)=O)C(C)=O)nc2c([nH]c3ccccc32)c1=O. The Hall–Kier alpha value is -2.41. The molecule has 0 amide bonds. The van der Waals surface area contributed by atoms with E-state index >= 15 is 0 Å². The molecule has 0 unspecified atom stereocenters. The third-order valence-corrected chi connectivity index (χ3v) is 5.28. The molecule has 0 fully saturated rings. The fraction of sp³-hybridized carbons (Fsp3) is 0.294. The summed E-state index contributed by atoms with van der Waals surface area (Å²) in [4.78, 5) is 44.0. The van der Waals surface area contributed by atoms with Crippen molar-refractivity contribution in [3.05, 3.63) is 34.6 Å². The summed E-state index contributed by atoms with van der Waals surface area (Å²) >= 11 is 1.04. The number of para-hydroxylation sites is 1. The Bertz CT molecular complexity index is 1010. The van der Waals surface area contributed by atoms with E-state index in [-0.39, 0.29) is 17.1 Å². The molecule has 124 valence electrons. The number of rotatable bonds is 5. The molecule has 0 spiro atoms. The van der Waals surface area contributed by atoms with E-state index in [2.05, 4.69) is 9.97 Å². The molecule has 0 radical (unpaired) electrons. The summed E-state index contributed by atoms with van der Waals surface area (Å²) in [6.45, 7) is 4.98. The third kappa shape index (κ3) is 2.65. The van der Waals surface area contributed by atoms with Gasteiger partial charge in [0.25, 0.3) is 5.56 Å². The summed E-state index contributed by atoms with van der Waals surface area (Å²) in [6, 6.07) is 7.53. The number of thioether (sulfide) groups is 1. The zero-order valence-electron chi connectivity index (χ0n) is 13.6. The lowest BCUT2D eigenvalue weighted by Gasteiger charge is -2.13. The second-order valence-corrected chi connectivity index (χ2v) is 6.63. The number of aromatic nitrogens is 3. The van der Waals surface area contributed by atoms with Gasteiger partial charge in [0.15, 0.2) is 16.7 Å². The number of hydrogen-bond acceptors (Lipinski definition) is 5. The number of nitrogens with zero attached hydrogens (tertiary/aromatic N) is 2.